The van der Waals surface area contributed by atoms with Gasteiger partial charge >= 0.3 is 7.12 Å². The molecular formula is C21H35BN2O4. The Hall–Kier alpha value is -1.41. The van der Waals surface area contributed by atoms with Crippen molar-refractivity contribution in [1.29, 1.82) is 0 Å². The molecule has 0 unspecified atom stereocenters. The third-order valence-corrected chi connectivity index (χ3v) is 5.87. The van der Waals surface area contributed by atoms with Crippen molar-refractivity contribution in [3.8, 4) is 0 Å². The van der Waals surface area contributed by atoms with Crippen molar-refractivity contribution in [3.05, 3.63) is 35.9 Å². The SMILES string of the molecule is COC[C@@H](N)C(=O)N[C@@](C)(CCCc1ccccc1)B1OC(C)(C)C(C)(C)O1. The first-order chi connectivity index (χ1) is 13.0. The normalized spacial score (nSPS) is 21.2. The smallest absolute Gasteiger partial charge is 0.402 e. The number of nitrogens with one attached hydrogen (secondary N) is 1. The molecule has 1 amide bonds. The van der Waals surface area contributed by atoms with E-state index in [9.17, 15) is 4.79 Å². The lowest BCUT2D eigenvalue weighted by Gasteiger charge is -2.34. The fourth-order valence-corrected chi connectivity index (χ4v) is 3.28. The lowest BCUT2D eigenvalue weighted by Crippen LogP contribution is -2.61. The number of methoxy groups -OCH3 is 1. The van der Waals surface area contributed by atoms with Crippen molar-refractivity contribution in [2.75, 3.05) is 13.7 Å². The van der Waals surface area contributed by atoms with E-state index in [1.165, 1.54) is 12.7 Å². The van der Waals surface area contributed by atoms with E-state index in [2.05, 4.69) is 17.4 Å². The predicted octanol–water partition coefficient (Wildman–Crippen LogP) is 2.49. The summed E-state index contributed by atoms with van der Waals surface area (Å²) >= 11 is 0. The van der Waals surface area contributed by atoms with Crippen LogP contribution >= 0.6 is 0 Å². The van der Waals surface area contributed by atoms with Crippen LogP contribution in [0.3, 0.4) is 0 Å². The van der Waals surface area contributed by atoms with Crippen LogP contribution in [0.5, 0.6) is 0 Å². The van der Waals surface area contributed by atoms with E-state index < -0.39 is 29.8 Å². The first-order valence-electron chi connectivity index (χ1n) is 9.97. The molecule has 1 aromatic rings. The number of benzene rings is 1. The molecule has 1 aromatic carbocycles. The predicted molar refractivity (Wildman–Crippen MR) is 112 cm³/mol. The molecule has 6 nitrogen and oxygen atoms in total. The van der Waals surface area contributed by atoms with Gasteiger partial charge in [0.05, 0.1) is 23.2 Å². The topological polar surface area (TPSA) is 82.8 Å². The number of carbonyl (C=O) groups excluding carboxylic acids is 1. The summed E-state index contributed by atoms with van der Waals surface area (Å²) in [4.78, 5) is 12.6. The minimum atomic E-state index is -0.735. The minimum Gasteiger partial charge on any atom is -0.402 e. The van der Waals surface area contributed by atoms with Crippen molar-refractivity contribution in [2.45, 2.75) is 76.6 Å². The third-order valence-electron chi connectivity index (χ3n) is 5.87. The Kier molecular flexibility index (Phi) is 7.31. The van der Waals surface area contributed by atoms with Gasteiger partial charge in [0.15, 0.2) is 0 Å². The van der Waals surface area contributed by atoms with Gasteiger partial charge in [0.2, 0.25) is 5.91 Å². The van der Waals surface area contributed by atoms with E-state index >= 15 is 0 Å². The van der Waals surface area contributed by atoms with Crippen molar-refractivity contribution in [1.82, 2.24) is 5.32 Å². The number of hydrogen-bond donors (Lipinski definition) is 2. The summed E-state index contributed by atoms with van der Waals surface area (Å²) in [6.07, 6.45) is 2.49. The highest BCUT2D eigenvalue weighted by Crippen LogP contribution is 2.40. The quantitative estimate of drug-likeness (QED) is 0.633. The number of hydrogen-bond acceptors (Lipinski definition) is 5. The molecule has 3 N–H and O–H groups in total. The van der Waals surface area contributed by atoms with E-state index in [1.54, 1.807) is 0 Å². The largest absolute Gasteiger partial charge is 0.484 e. The van der Waals surface area contributed by atoms with E-state index in [1.807, 2.05) is 52.8 Å². The van der Waals surface area contributed by atoms with Gasteiger partial charge in [0, 0.05) is 7.11 Å². The van der Waals surface area contributed by atoms with Gasteiger partial charge in [-0.05, 0) is 59.4 Å². The van der Waals surface area contributed by atoms with Gasteiger partial charge in [-0.1, -0.05) is 30.3 Å². The lowest BCUT2D eigenvalue weighted by atomic mass is 9.62. The van der Waals surface area contributed by atoms with Gasteiger partial charge in [0.1, 0.15) is 6.04 Å². The molecule has 0 aromatic heterocycles. The van der Waals surface area contributed by atoms with Crippen LogP contribution in [0.4, 0.5) is 0 Å². The molecule has 0 saturated carbocycles. The van der Waals surface area contributed by atoms with E-state index in [0.717, 1.165) is 12.8 Å². The number of carbonyl (C=O) groups is 1. The molecule has 1 aliphatic heterocycles. The second-order valence-corrected chi connectivity index (χ2v) is 8.90. The number of nitrogens with two attached hydrogens (primary N) is 1. The molecule has 0 aliphatic carbocycles. The summed E-state index contributed by atoms with van der Waals surface area (Å²) in [6, 6.07) is 9.57. The Labute approximate surface area is 169 Å². The molecule has 1 fully saturated rings. The molecule has 2 atom stereocenters. The van der Waals surface area contributed by atoms with Gasteiger partial charge in [-0.2, -0.15) is 0 Å². The molecule has 7 heteroatoms. The fourth-order valence-electron chi connectivity index (χ4n) is 3.28. The summed E-state index contributed by atoms with van der Waals surface area (Å²) in [5.41, 5.74) is 5.55. The van der Waals surface area contributed by atoms with Crippen molar-refractivity contribution >= 4 is 13.0 Å². The highest BCUT2D eigenvalue weighted by Gasteiger charge is 2.58. The van der Waals surface area contributed by atoms with Crippen LogP contribution in [-0.4, -0.2) is 49.4 Å². The second-order valence-electron chi connectivity index (χ2n) is 8.90. The van der Waals surface area contributed by atoms with Crippen molar-refractivity contribution in [3.63, 3.8) is 0 Å². The van der Waals surface area contributed by atoms with Crippen LogP contribution in [0.2, 0.25) is 0 Å². The van der Waals surface area contributed by atoms with Crippen LogP contribution in [0.25, 0.3) is 0 Å². The number of amides is 1. The zero-order valence-corrected chi connectivity index (χ0v) is 18.1. The van der Waals surface area contributed by atoms with E-state index in [-0.39, 0.29) is 12.5 Å². The summed E-state index contributed by atoms with van der Waals surface area (Å²) in [5.74, 6) is -0.265. The van der Waals surface area contributed by atoms with Crippen LogP contribution < -0.4 is 11.1 Å². The van der Waals surface area contributed by atoms with E-state index in [0.29, 0.717) is 6.42 Å². The molecule has 0 radical (unpaired) electrons. The molecule has 0 bridgehead atoms. The summed E-state index contributed by atoms with van der Waals surface area (Å²) in [5, 5.41) is 3.09. The second kappa shape index (κ2) is 8.95. The van der Waals surface area contributed by atoms with Crippen LogP contribution in [0, 0.1) is 0 Å². The monoisotopic (exact) mass is 390 g/mol. The van der Waals surface area contributed by atoms with Crippen molar-refractivity contribution in [2.24, 2.45) is 5.73 Å². The first kappa shape index (κ1) is 22.9. The molecule has 1 saturated heterocycles. The molecule has 156 valence electrons. The van der Waals surface area contributed by atoms with Gasteiger partial charge in [-0.25, -0.2) is 0 Å². The number of ether oxygens (including phenoxy) is 1. The third kappa shape index (κ3) is 5.35. The Morgan fingerprint density at radius 1 is 1.21 bits per heavy atom. The Morgan fingerprint density at radius 2 is 1.79 bits per heavy atom. The lowest BCUT2D eigenvalue weighted by molar-refractivity contribution is -0.124. The standard InChI is InChI=1S/C21H35BN2O4/c1-19(2)20(3,4)28-22(27-19)21(5,24-18(25)17(23)15-26-6)14-10-13-16-11-8-7-9-12-16/h7-9,11-12,17H,10,13-15,23H2,1-6H3,(H,24,25)/t17-,21+/m1/s1. The number of aryl methyl sites for hydroxylation is 1. The fraction of sp³-hybridized carbons (Fsp3) is 0.667. The summed E-state index contributed by atoms with van der Waals surface area (Å²) < 4.78 is 17.5. The van der Waals surface area contributed by atoms with Crippen LogP contribution in [-0.2, 0) is 25.3 Å². The van der Waals surface area contributed by atoms with E-state index in [4.69, 9.17) is 19.8 Å². The average molecular weight is 390 g/mol. The van der Waals surface area contributed by atoms with Gasteiger partial charge < -0.3 is 25.1 Å². The molecule has 28 heavy (non-hydrogen) atoms. The van der Waals surface area contributed by atoms with Gasteiger partial charge in [-0.3, -0.25) is 4.79 Å². The number of rotatable bonds is 9. The Bertz CT molecular complexity index is 637. The molecule has 2 rings (SSSR count). The Morgan fingerprint density at radius 3 is 2.32 bits per heavy atom. The maximum Gasteiger partial charge on any atom is 0.484 e. The Balaban J connectivity index is 2.14. The molecule has 0 spiro atoms. The van der Waals surface area contributed by atoms with Crippen molar-refractivity contribution < 1.29 is 18.8 Å². The summed E-state index contributed by atoms with van der Waals surface area (Å²) in [7, 11) is 0.965. The highest BCUT2D eigenvalue weighted by molar-refractivity contribution is 6.50. The molecular weight excluding hydrogens is 355 g/mol. The minimum absolute atomic E-state index is 0.162. The van der Waals surface area contributed by atoms with Crippen LogP contribution in [0.15, 0.2) is 30.3 Å². The van der Waals surface area contributed by atoms with Gasteiger partial charge in [0.25, 0.3) is 0 Å². The molecule has 1 aliphatic rings. The zero-order valence-electron chi connectivity index (χ0n) is 18.1. The van der Waals surface area contributed by atoms with Gasteiger partial charge in [-0.15, -0.1) is 0 Å². The average Bonchev–Trinajstić information content (AvgIpc) is 2.84. The maximum atomic E-state index is 12.6. The zero-order chi connectivity index (χ0) is 21.0. The first-order valence-corrected chi connectivity index (χ1v) is 9.97. The maximum absolute atomic E-state index is 12.6. The van der Waals surface area contributed by atoms with Crippen LogP contribution in [0.1, 0.15) is 53.0 Å². The molecule has 1 heterocycles. The summed E-state index contributed by atoms with van der Waals surface area (Å²) in [6.45, 7) is 10.2. The highest BCUT2D eigenvalue weighted by atomic mass is 16.7.